The Morgan fingerprint density at radius 2 is 1.95 bits per heavy atom. The van der Waals surface area contributed by atoms with Gasteiger partial charge in [-0.15, -0.1) is 0 Å². The molecule has 1 amide bonds. The maximum absolute atomic E-state index is 12.3. The highest BCUT2D eigenvalue weighted by molar-refractivity contribution is 5.86. The number of rotatable bonds is 3. The number of hydrogen-bond donors (Lipinski definition) is 1. The predicted octanol–water partition coefficient (Wildman–Crippen LogP) is 1.32. The Bertz CT molecular complexity index is 353. The summed E-state index contributed by atoms with van der Waals surface area (Å²) in [4.78, 5) is 27.2. The fourth-order valence-corrected chi connectivity index (χ4v) is 3.62. The molecule has 2 fully saturated rings. The minimum atomic E-state index is -0.887. The number of likely N-dealkylation sites (N-methyl/N-ethyl adjacent to an activating group) is 1. The molecule has 1 aliphatic heterocycles. The summed E-state index contributed by atoms with van der Waals surface area (Å²) >= 11 is 0. The van der Waals surface area contributed by atoms with E-state index in [1.807, 2.05) is 0 Å². The van der Waals surface area contributed by atoms with Crippen molar-refractivity contribution in [2.45, 2.75) is 63.6 Å². The molecule has 5 nitrogen and oxygen atoms in total. The molecule has 2 aliphatic rings. The first kappa shape index (κ1) is 14.3. The normalized spacial score (nSPS) is 30.6. The highest BCUT2D eigenvalue weighted by Crippen LogP contribution is 2.29. The molecule has 2 unspecified atom stereocenters. The van der Waals surface area contributed by atoms with Crippen molar-refractivity contribution in [3.8, 4) is 0 Å². The molecule has 2 rings (SSSR count). The quantitative estimate of drug-likeness (QED) is 0.838. The van der Waals surface area contributed by atoms with Gasteiger partial charge in [0.1, 0.15) is 6.04 Å². The summed E-state index contributed by atoms with van der Waals surface area (Å²) in [7, 11) is 1.77. The summed E-state index contributed by atoms with van der Waals surface area (Å²) < 4.78 is 0. The Labute approximate surface area is 114 Å². The molecule has 1 saturated carbocycles. The van der Waals surface area contributed by atoms with Crippen LogP contribution in [-0.4, -0.2) is 58.5 Å². The van der Waals surface area contributed by atoms with Gasteiger partial charge in [-0.3, -0.25) is 14.5 Å². The molecule has 0 aromatic rings. The first-order chi connectivity index (χ1) is 9.00. The van der Waals surface area contributed by atoms with Gasteiger partial charge in [0.2, 0.25) is 5.91 Å². The number of carboxylic acid groups (broad SMARTS) is 1. The smallest absolute Gasteiger partial charge is 0.305 e. The minimum absolute atomic E-state index is 0.0360. The van der Waals surface area contributed by atoms with Crippen molar-refractivity contribution in [2.75, 3.05) is 13.6 Å². The lowest BCUT2D eigenvalue weighted by Gasteiger charge is -2.48. The topological polar surface area (TPSA) is 60.9 Å². The van der Waals surface area contributed by atoms with E-state index in [0.717, 1.165) is 12.8 Å². The van der Waals surface area contributed by atoms with Gasteiger partial charge in [0.25, 0.3) is 0 Å². The van der Waals surface area contributed by atoms with E-state index in [4.69, 9.17) is 5.11 Å². The lowest BCUT2D eigenvalue weighted by Crippen LogP contribution is -2.63. The number of aliphatic carboxylic acids is 1. The first-order valence-electron chi connectivity index (χ1n) is 7.25. The van der Waals surface area contributed by atoms with E-state index in [0.29, 0.717) is 12.6 Å². The van der Waals surface area contributed by atoms with Gasteiger partial charge in [0, 0.05) is 25.7 Å². The van der Waals surface area contributed by atoms with Crippen molar-refractivity contribution in [3.63, 3.8) is 0 Å². The van der Waals surface area contributed by atoms with Crippen molar-refractivity contribution >= 4 is 11.9 Å². The van der Waals surface area contributed by atoms with E-state index in [1.54, 1.807) is 11.9 Å². The van der Waals surface area contributed by atoms with Crippen molar-refractivity contribution < 1.29 is 14.7 Å². The molecule has 108 valence electrons. The second-order valence-corrected chi connectivity index (χ2v) is 5.92. The van der Waals surface area contributed by atoms with Crippen LogP contribution in [0.3, 0.4) is 0 Å². The number of hydrogen-bond acceptors (Lipinski definition) is 3. The van der Waals surface area contributed by atoms with Gasteiger partial charge in [-0.25, -0.2) is 0 Å². The minimum Gasteiger partial charge on any atom is -0.481 e. The summed E-state index contributed by atoms with van der Waals surface area (Å²) in [5.74, 6) is -0.923. The van der Waals surface area contributed by atoms with Crippen molar-refractivity contribution in [2.24, 2.45) is 0 Å². The average Bonchev–Trinajstić information content (AvgIpc) is 2.36. The fourth-order valence-electron chi connectivity index (χ4n) is 3.62. The molecular weight excluding hydrogens is 244 g/mol. The lowest BCUT2D eigenvalue weighted by molar-refractivity contribution is -0.153. The first-order valence-corrected chi connectivity index (χ1v) is 7.25. The molecule has 2 atom stereocenters. The molecule has 1 saturated heterocycles. The Hall–Kier alpha value is -1.10. The summed E-state index contributed by atoms with van der Waals surface area (Å²) in [6, 6.07) is 0.148. The van der Waals surface area contributed by atoms with Crippen LogP contribution in [0.4, 0.5) is 0 Å². The number of piperazine rings is 1. The standard InChI is InChI=1S/C14H24N2O3/c1-10-9-15(2)14(19)12(8-13(17)18)16(10)11-6-4-3-5-7-11/h10-12H,3-9H2,1-2H3,(H,17,18). The molecule has 19 heavy (non-hydrogen) atoms. The molecular formula is C14H24N2O3. The van der Waals surface area contributed by atoms with Crippen molar-refractivity contribution in [1.29, 1.82) is 0 Å². The van der Waals surface area contributed by atoms with Crippen LogP contribution in [0.25, 0.3) is 0 Å². The second-order valence-electron chi connectivity index (χ2n) is 5.92. The van der Waals surface area contributed by atoms with E-state index in [-0.39, 0.29) is 18.4 Å². The van der Waals surface area contributed by atoms with Crippen LogP contribution < -0.4 is 0 Å². The highest BCUT2D eigenvalue weighted by Gasteiger charge is 2.41. The average molecular weight is 268 g/mol. The van der Waals surface area contributed by atoms with Gasteiger partial charge < -0.3 is 10.0 Å². The summed E-state index contributed by atoms with van der Waals surface area (Å²) in [6.07, 6.45) is 5.75. The number of nitrogens with zero attached hydrogens (tertiary/aromatic N) is 2. The van der Waals surface area contributed by atoms with E-state index in [9.17, 15) is 9.59 Å². The number of carbonyl (C=O) groups is 2. The van der Waals surface area contributed by atoms with E-state index >= 15 is 0 Å². The SMILES string of the molecule is CC1CN(C)C(=O)C(CC(=O)O)N1C1CCCCC1. The molecule has 1 N–H and O–H groups in total. The van der Waals surface area contributed by atoms with Crippen molar-refractivity contribution in [1.82, 2.24) is 9.80 Å². The summed E-state index contributed by atoms with van der Waals surface area (Å²) in [5.41, 5.74) is 0. The monoisotopic (exact) mass is 268 g/mol. The molecule has 1 heterocycles. The molecule has 0 radical (unpaired) electrons. The molecule has 0 aromatic heterocycles. The van der Waals surface area contributed by atoms with E-state index in [1.165, 1.54) is 19.3 Å². The summed E-state index contributed by atoms with van der Waals surface area (Å²) in [6.45, 7) is 2.80. The van der Waals surface area contributed by atoms with E-state index in [2.05, 4.69) is 11.8 Å². The number of carboxylic acids is 1. The van der Waals surface area contributed by atoms with Crippen LogP contribution in [0.2, 0.25) is 0 Å². The Morgan fingerprint density at radius 3 is 2.53 bits per heavy atom. The molecule has 1 aliphatic carbocycles. The maximum Gasteiger partial charge on any atom is 0.305 e. The zero-order valence-electron chi connectivity index (χ0n) is 11.8. The largest absolute Gasteiger partial charge is 0.481 e. The molecule has 5 heteroatoms. The molecule has 0 aromatic carbocycles. The Morgan fingerprint density at radius 1 is 1.32 bits per heavy atom. The van der Waals surface area contributed by atoms with Crippen molar-refractivity contribution in [3.05, 3.63) is 0 Å². The molecule has 0 spiro atoms. The second kappa shape index (κ2) is 5.90. The third kappa shape index (κ3) is 3.08. The van der Waals surface area contributed by atoms with Crippen LogP contribution in [0.5, 0.6) is 0 Å². The molecule has 0 bridgehead atoms. The number of amides is 1. The zero-order valence-corrected chi connectivity index (χ0v) is 11.8. The van der Waals surface area contributed by atoms with Gasteiger partial charge in [-0.2, -0.15) is 0 Å². The third-order valence-corrected chi connectivity index (χ3v) is 4.43. The zero-order chi connectivity index (χ0) is 14.0. The number of carbonyl (C=O) groups excluding carboxylic acids is 1. The summed E-state index contributed by atoms with van der Waals surface area (Å²) in [5, 5.41) is 9.07. The van der Waals surface area contributed by atoms with Crippen LogP contribution in [0.15, 0.2) is 0 Å². The van der Waals surface area contributed by atoms with Gasteiger partial charge in [-0.05, 0) is 19.8 Å². The lowest BCUT2D eigenvalue weighted by atomic mass is 9.90. The highest BCUT2D eigenvalue weighted by atomic mass is 16.4. The van der Waals surface area contributed by atoms with Crippen LogP contribution >= 0.6 is 0 Å². The third-order valence-electron chi connectivity index (χ3n) is 4.43. The predicted molar refractivity (Wildman–Crippen MR) is 71.9 cm³/mol. The van der Waals surface area contributed by atoms with Gasteiger partial charge >= 0.3 is 5.97 Å². The van der Waals surface area contributed by atoms with Crippen LogP contribution in [0.1, 0.15) is 45.4 Å². The Kier molecular flexibility index (Phi) is 4.45. The van der Waals surface area contributed by atoms with Gasteiger partial charge in [-0.1, -0.05) is 19.3 Å². The van der Waals surface area contributed by atoms with Gasteiger partial charge in [0.05, 0.1) is 6.42 Å². The van der Waals surface area contributed by atoms with E-state index < -0.39 is 12.0 Å². The fraction of sp³-hybridized carbons (Fsp3) is 0.857. The van der Waals surface area contributed by atoms with Gasteiger partial charge in [0.15, 0.2) is 0 Å². The van der Waals surface area contributed by atoms with Crippen LogP contribution in [0, 0.1) is 0 Å². The van der Waals surface area contributed by atoms with Crippen LogP contribution in [-0.2, 0) is 9.59 Å². The maximum atomic E-state index is 12.3. The Balaban J connectivity index is 2.18.